The van der Waals surface area contributed by atoms with Crippen LogP contribution in [0.25, 0.3) is 0 Å². The highest BCUT2D eigenvalue weighted by Gasteiger charge is 2.32. The van der Waals surface area contributed by atoms with Crippen LogP contribution in [0.1, 0.15) is 34.3 Å². The number of carbonyl (C=O) groups is 2. The first-order chi connectivity index (χ1) is 13.2. The maximum absolute atomic E-state index is 13.0. The third kappa shape index (κ3) is 5.25. The molecule has 28 heavy (non-hydrogen) atoms. The summed E-state index contributed by atoms with van der Waals surface area (Å²) < 4.78 is 38.9. The third-order valence-corrected chi connectivity index (χ3v) is 4.32. The molecule has 0 aliphatic heterocycles. The Hall–Kier alpha value is -3.03. The minimum atomic E-state index is -4.45. The molecule has 1 saturated carbocycles. The number of hydrogen-bond acceptors (Lipinski definition) is 3. The van der Waals surface area contributed by atoms with Crippen molar-refractivity contribution in [2.45, 2.75) is 32.0 Å². The fraction of sp³-hybridized carbons (Fsp3) is 0.300. The number of carbonyl (C=O) groups excluding carboxylic acids is 2. The van der Waals surface area contributed by atoms with Gasteiger partial charge >= 0.3 is 6.18 Å². The van der Waals surface area contributed by atoms with E-state index in [4.69, 9.17) is 0 Å². The Balaban J connectivity index is 1.58. The predicted octanol–water partition coefficient (Wildman–Crippen LogP) is 3.96. The van der Waals surface area contributed by atoms with Crippen molar-refractivity contribution in [1.29, 1.82) is 0 Å². The molecule has 0 heterocycles. The second-order valence-electron chi connectivity index (χ2n) is 6.76. The fourth-order valence-corrected chi connectivity index (χ4v) is 2.66. The van der Waals surface area contributed by atoms with E-state index in [-0.39, 0.29) is 29.7 Å². The number of nitrogens with one attached hydrogen (secondary N) is 3. The second-order valence-corrected chi connectivity index (χ2v) is 6.76. The molecule has 1 fully saturated rings. The van der Waals surface area contributed by atoms with Crippen molar-refractivity contribution in [2.75, 3.05) is 17.2 Å². The number of alkyl halides is 3. The number of hydrogen-bond donors (Lipinski definition) is 3. The maximum atomic E-state index is 13.0. The molecule has 1 aliphatic carbocycles. The smallest absolute Gasteiger partial charge is 0.376 e. The number of aryl methyl sites for hydroxylation is 1. The molecule has 0 spiro atoms. The highest BCUT2D eigenvalue weighted by atomic mass is 19.4. The Morgan fingerprint density at radius 2 is 1.82 bits per heavy atom. The monoisotopic (exact) mass is 391 g/mol. The summed E-state index contributed by atoms with van der Waals surface area (Å²) in [5, 5.41) is 8.18. The van der Waals surface area contributed by atoms with Gasteiger partial charge in [0.2, 0.25) is 5.91 Å². The third-order valence-electron chi connectivity index (χ3n) is 4.32. The van der Waals surface area contributed by atoms with E-state index in [0.29, 0.717) is 11.3 Å². The molecule has 1 aliphatic rings. The lowest BCUT2D eigenvalue weighted by atomic mass is 10.1. The van der Waals surface area contributed by atoms with Crippen LogP contribution in [-0.2, 0) is 11.0 Å². The maximum Gasteiger partial charge on any atom is 0.416 e. The van der Waals surface area contributed by atoms with Crippen molar-refractivity contribution in [3.8, 4) is 0 Å². The summed E-state index contributed by atoms with van der Waals surface area (Å²) in [6.07, 6.45) is -2.50. The van der Waals surface area contributed by atoms with Crippen molar-refractivity contribution < 1.29 is 22.8 Å². The molecule has 148 valence electrons. The van der Waals surface area contributed by atoms with Crippen molar-refractivity contribution in [2.24, 2.45) is 0 Å². The molecule has 0 aromatic heterocycles. The van der Waals surface area contributed by atoms with Gasteiger partial charge in [0.25, 0.3) is 5.91 Å². The van der Waals surface area contributed by atoms with Crippen molar-refractivity contribution in [3.63, 3.8) is 0 Å². The van der Waals surface area contributed by atoms with Gasteiger partial charge in [-0.1, -0.05) is 12.1 Å². The first kappa shape index (κ1) is 19.7. The Morgan fingerprint density at radius 3 is 2.50 bits per heavy atom. The lowest BCUT2D eigenvalue weighted by Crippen LogP contribution is -2.26. The predicted molar refractivity (Wildman–Crippen MR) is 100 cm³/mol. The van der Waals surface area contributed by atoms with Crippen LogP contribution in [0.4, 0.5) is 24.5 Å². The molecule has 0 unspecified atom stereocenters. The summed E-state index contributed by atoms with van der Waals surface area (Å²) in [5.74, 6) is -0.634. The van der Waals surface area contributed by atoms with Gasteiger partial charge in [0.15, 0.2) is 0 Å². The Bertz CT molecular complexity index is 893. The van der Waals surface area contributed by atoms with Gasteiger partial charge in [-0.15, -0.1) is 0 Å². The number of benzene rings is 2. The van der Waals surface area contributed by atoms with Crippen molar-refractivity contribution >= 4 is 23.2 Å². The molecule has 0 bridgehead atoms. The van der Waals surface area contributed by atoms with Crippen LogP contribution in [-0.4, -0.2) is 24.4 Å². The zero-order valence-electron chi connectivity index (χ0n) is 15.2. The van der Waals surface area contributed by atoms with E-state index in [2.05, 4.69) is 16.0 Å². The summed E-state index contributed by atoms with van der Waals surface area (Å²) >= 11 is 0. The van der Waals surface area contributed by atoms with Crippen LogP contribution in [0, 0.1) is 6.92 Å². The molecule has 2 aromatic carbocycles. The summed E-state index contributed by atoms with van der Waals surface area (Å²) in [7, 11) is 0. The fourth-order valence-electron chi connectivity index (χ4n) is 2.66. The number of halogens is 3. The number of anilines is 2. The average molecular weight is 391 g/mol. The van der Waals surface area contributed by atoms with E-state index >= 15 is 0 Å². The van der Waals surface area contributed by atoms with E-state index in [0.717, 1.165) is 18.9 Å². The van der Waals surface area contributed by atoms with E-state index in [1.54, 1.807) is 24.3 Å². The van der Waals surface area contributed by atoms with Crippen LogP contribution < -0.4 is 16.0 Å². The molecule has 3 N–H and O–H groups in total. The van der Waals surface area contributed by atoms with Crippen LogP contribution in [0.5, 0.6) is 0 Å². The first-order valence-corrected chi connectivity index (χ1v) is 8.85. The molecule has 8 heteroatoms. The first-order valence-electron chi connectivity index (χ1n) is 8.85. The molecular formula is C20H20F3N3O2. The van der Waals surface area contributed by atoms with Crippen LogP contribution in [0.15, 0.2) is 42.5 Å². The zero-order chi connectivity index (χ0) is 20.3. The van der Waals surface area contributed by atoms with E-state index in [1.165, 1.54) is 19.1 Å². The quantitative estimate of drug-likeness (QED) is 0.698. The van der Waals surface area contributed by atoms with Gasteiger partial charge in [0.1, 0.15) is 0 Å². The van der Waals surface area contributed by atoms with Gasteiger partial charge in [-0.2, -0.15) is 13.2 Å². The summed E-state index contributed by atoms with van der Waals surface area (Å²) in [6.45, 7) is 1.17. The lowest BCUT2D eigenvalue weighted by molar-refractivity contribution is -0.138. The van der Waals surface area contributed by atoms with Crippen molar-refractivity contribution in [3.05, 3.63) is 59.2 Å². The van der Waals surface area contributed by atoms with Gasteiger partial charge in [-0.25, -0.2) is 0 Å². The standard InChI is InChI=1S/C20H20F3N3O2/c1-12-5-6-15(10-17(12)20(21,22)23)24-11-18(27)25-16-4-2-3-13(9-16)19(28)26-14-7-8-14/h2-6,9-10,14,24H,7-8,11H2,1H3,(H,25,27)(H,26,28). The summed E-state index contributed by atoms with van der Waals surface area (Å²) in [5.41, 5.74) is 0.447. The number of amides is 2. The van der Waals surface area contributed by atoms with E-state index in [9.17, 15) is 22.8 Å². The van der Waals surface area contributed by atoms with Crippen LogP contribution in [0.3, 0.4) is 0 Å². The van der Waals surface area contributed by atoms with Gasteiger partial charge in [0, 0.05) is 23.0 Å². The topological polar surface area (TPSA) is 70.2 Å². The van der Waals surface area contributed by atoms with Gasteiger partial charge in [-0.05, 0) is 55.7 Å². The SMILES string of the molecule is Cc1ccc(NCC(=O)Nc2cccc(C(=O)NC3CC3)c2)cc1C(F)(F)F. The van der Waals surface area contributed by atoms with Gasteiger partial charge in [-0.3, -0.25) is 9.59 Å². The van der Waals surface area contributed by atoms with Crippen molar-refractivity contribution in [1.82, 2.24) is 5.32 Å². The number of rotatable bonds is 6. The highest BCUT2D eigenvalue weighted by molar-refractivity contribution is 5.98. The Labute approximate surface area is 160 Å². The molecule has 2 amide bonds. The van der Waals surface area contributed by atoms with Gasteiger partial charge < -0.3 is 16.0 Å². The van der Waals surface area contributed by atoms with Gasteiger partial charge in [0.05, 0.1) is 12.1 Å². The Kier molecular flexibility index (Phi) is 5.58. The minimum Gasteiger partial charge on any atom is -0.376 e. The molecule has 0 radical (unpaired) electrons. The summed E-state index contributed by atoms with van der Waals surface area (Å²) in [6, 6.07) is 10.5. The lowest BCUT2D eigenvalue weighted by Gasteiger charge is -2.13. The molecule has 5 nitrogen and oxygen atoms in total. The molecule has 0 saturated heterocycles. The Morgan fingerprint density at radius 1 is 1.07 bits per heavy atom. The van der Waals surface area contributed by atoms with E-state index < -0.39 is 17.6 Å². The highest BCUT2D eigenvalue weighted by Crippen LogP contribution is 2.33. The largest absolute Gasteiger partial charge is 0.416 e. The average Bonchev–Trinajstić information content (AvgIpc) is 3.44. The summed E-state index contributed by atoms with van der Waals surface area (Å²) in [4.78, 5) is 24.2. The second kappa shape index (κ2) is 7.92. The zero-order valence-corrected chi connectivity index (χ0v) is 15.2. The molecule has 3 rings (SSSR count). The normalized spacial score (nSPS) is 13.7. The molecule has 2 aromatic rings. The van der Waals surface area contributed by atoms with Crippen LogP contribution >= 0.6 is 0 Å². The van der Waals surface area contributed by atoms with E-state index in [1.807, 2.05) is 0 Å². The minimum absolute atomic E-state index is 0.115. The molecule has 0 atom stereocenters. The molecular weight excluding hydrogens is 371 g/mol. The van der Waals surface area contributed by atoms with Crippen LogP contribution in [0.2, 0.25) is 0 Å².